The molecule has 1 aromatic carbocycles. The van der Waals surface area contributed by atoms with Gasteiger partial charge in [-0.3, -0.25) is 9.78 Å². The van der Waals surface area contributed by atoms with Crippen LogP contribution in [0.2, 0.25) is 0 Å². The fourth-order valence-electron chi connectivity index (χ4n) is 2.47. The largest absolute Gasteiger partial charge is 0.493 e. The molecule has 9 nitrogen and oxygen atoms in total. The summed E-state index contributed by atoms with van der Waals surface area (Å²) in [6.07, 6.45) is 3.33. The minimum atomic E-state index is -1.01. The molecule has 2 aromatic heterocycles. The second-order valence-electron chi connectivity index (χ2n) is 5.65. The first kappa shape index (κ1) is 18.9. The van der Waals surface area contributed by atoms with Gasteiger partial charge >= 0.3 is 5.97 Å². The van der Waals surface area contributed by atoms with Crippen LogP contribution in [0.25, 0.3) is 11.3 Å². The molecule has 0 spiro atoms. The Morgan fingerprint density at radius 1 is 1.11 bits per heavy atom. The highest BCUT2D eigenvalue weighted by atomic mass is 16.5. The fourth-order valence-corrected chi connectivity index (χ4v) is 2.47. The molecule has 0 saturated heterocycles. The molecule has 0 aliphatic heterocycles. The third kappa shape index (κ3) is 4.64. The van der Waals surface area contributed by atoms with Gasteiger partial charge in [0.05, 0.1) is 19.9 Å². The summed E-state index contributed by atoms with van der Waals surface area (Å²) < 4.78 is 10.6. The third-order valence-electron chi connectivity index (χ3n) is 3.74. The van der Waals surface area contributed by atoms with Crippen molar-refractivity contribution in [2.75, 3.05) is 31.4 Å². The number of anilines is 3. The summed E-state index contributed by atoms with van der Waals surface area (Å²) in [6, 6.07) is 10.8. The van der Waals surface area contributed by atoms with Gasteiger partial charge in [-0.25, -0.2) is 4.98 Å². The van der Waals surface area contributed by atoms with Crippen LogP contribution in [0.3, 0.4) is 0 Å². The number of nitrogens with zero attached hydrogens (tertiary/aromatic N) is 3. The predicted octanol–water partition coefficient (Wildman–Crippen LogP) is 2.80. The SMILES string of the molecule is COc1ccc(Nc2cc(-c3cccnc3)nc(NCC(=O)O)n2)cc1OC. The van der Waals surface area contributed by atoms with Crippen molar-refractivity contribution in [3.63, 3.8) is 0 Å². The molecule has 0 amide bonds. The summed E-state index contributed by atoms with van der Waals surface area (Å²) in [4.78, 5) is 23.7. The van der Waals surface area contributed by atoms with E-state index in [4.69, 9.17) is 14.6 Å². The van der Waals surface area contributed by atoms with Crippen LogP contribution in [0.15, 0.2) is 48.8 Å². The first-order chi connectivity index (χ1) is 13.6. The van der Waals surface area contributed by atoms with Gasteiger partial charge in [0.25, 0.3) is 0 Å². The highest BCUT2D eigenvalue weighted by Gasteiger charge is 2.10. The number of aliphatic carboxylic acids is 1. The molecule has 2 heterocycles. The number of methoxy groups -OCH3 is 2. The van der Waals surface area contributed by atoms with Crippen molar-refractivity contribution in [2.24, 2.45) is 0 Å². The van der Waals surface area contributed by atoms with Gasteiger partial charge < -0.3 is 25.2 Å². The van der Waals surface area contributed by atoms with Crippen molar-refractivity contribution in [3.8, 4) is 22.8 Å². The maximum atomic E-state index is 10.9. The van der Waals surface area contributed by atoms with Gasteiger partial charge in [0.1, 0.15) is 12.4 Å². The Labute approximate surface area is 161 Å². The van der Waals surface area contributed by atoms with Crippen molar-refractivity contribution in [2.45, 2.75) is 0 Å². The number of hydrogen-bond acceptors (Lipinski definition) is 8. The highest BCUT2D eigenvalue weighted by Crippen LogP contribution is 2.31. The zero-order chi connectivity index (χ0) is 19.9. The van der Waals surface area contributed by atoms with E-state index in [0.29, 0.717) is 23.0 Å². The first-order valence-corrected chi connectivity index (χ1v) is 8.33. The van der Waals surface area contributed by atoms with Crippen molar-refractivity contribution >= 4 is 23.4 Å². The average molecular weight is 381 g/mol. The molecule has 0 atom stereocenters. The number of ether oxygens (including phenoxy) is 2. The molecular weight excluding hydrogens is 362 g/mol. The van der Waals surface area contributed by atoms with Gasteiger partial charge in [0, 0.05) is 35.8 Å². The zero-order valence-electron chi connectivity index (χ0n) is 15.3. The number of carboxylic acid groups (broad SMARTS) is 1. The minimum absolute atomic E-state index is 0.187. The third-order valence-corrected chi connectivity index (χ3v) is 3.74. The van der Waals surface area contributed by atoms with Gasteiger partial charge in [-0.05, 0) is 24.3 Å². The number of hydrogen-bond donors (Lipinski definition) is 3. The van der Waals surface area contributed by atoms with Gasteiger partial charge in [-0.15, -0.1) is 0 Å². The molecular formula is C19H19N5O4. The standard InChI is InChI=1S/C19H19N5O4/c1-27-15-6-5-13(8-16(15)28-2)22-17-9-14(12-4-3-7-20-10-12)23-19(24-17)21-11-18(25)26/h3-10H,11H2,1-2H3,(H,25,26)(H2,21,22,23,24). The van der Waals surface area contributed by atoms with E-state index in [1.54, 1.807) is 50.9 Å². The summed E-state index contributed by atoms with van der Waals surface area (Å²) in [5.41, 5.74) is 2.09. The maximum Gasteiger partial charge on any atom is 0.322 e. The number of rotatable bonds is 8. The van der Waals surface area contributed by atoms with Gasteiger partial charge in [-0.2, -0.15) is 4.98 Å². The van der Waals surface area contributed by atoms with Crippen molar-refractivity contribution in [1.82, 2.24) is 15.0 Å². The monoisotopic (exact) mass is 381 g/mol. The van der Waals surface area contributed by atoms with Crippen LogP contribution in [0.5, 0.6) is 11.5 Å². The molecule has 144 valence electrons. The summed E-state index contributed by atoms with van der Waals surface area (Å²) in [6.45, 7) is -0.299. The Bertz CT molecular complexity index is 966. The number of carbonyl (C=O) groups is 1. The lowest BCUT2D eigenvalue weighted by Gasteiger charge is -2.13. The molecule has 3 rings (SSSR count). The van der Waals surface area contributed by atoms with Crippen molar-refractivity contribution < 1.29 is 19.4 Å². The second kappa shape index (κ2) is 8.67. The second-order valence-corrected chi connectivity index (χ2v) is 5.65. The van der Waals surface area contributed by atoms with E-state index < -0.39 is 5.97 Å². The van der Waals surface area contributed by atoms with Crippen LogP contribution in [0.4, 0.5) is 17.5 Å². The van der Waals surface area contributed by atoms with Gasteiger partial charge in [0.15, 0.2) is 11.5 Å². The number of carboxylic acids is 1. The Morgan fingerprint density at radius 3 is 2.61 bits per heavy atom. The normalized spacial score (nSPS) is 10.2. The van der Waals surface area contributed by atoms with E-state index in [1.165, 1.54) is 0 Å². The zero-order valence-corrected chi connectivity index (χ0v) is 15.3. The topological polar surface area (TPSA) is 118 Å². The molecule has 0 aliphatic carbocycles. The van der Waals surface area contributed by atoms with E-state index in [1.807, 2.05) is 12.1 Å². The van der Waals surface area contributed by atoms with Crippen LogP contribution in [0.1, 0.15) is 0 Å². The Kier molecular flexibility index (Phi) is 5.85. The summed E-state index contributed by atoms with van der Waals surface area (Å²) in [7, 11) is 3.12. The van der Waals surface area contributed by atoms with Gasteiger partial charge in [-0.1, -0.05) is 0 Å². The number of benzene rings is 1. The maximum absolute atomic E-state index is 10.9. The van der Waals surface area contributed by atoms with Crippen LogP contribution in [0, 0.1) is 0 Å². The first-order valence-electron chi connectivity index (χ1n) is 8.33. The van der Waals surface area contributed by atoms with E-state index in [9.17, 15) is 4.79 Å². The lowest BCUT2D eigenvalue weighted by molar-refractivity contribution is -0.134. The number of pyridine rings is 1. The molecule has 0 saturated carbocycles. The quantitative estimate of drug-likeness (QED) is 0.541. The molecule has 0 aliphatic rings. The molecule has 3 N–H and O–H groups in total. The van der Waals surface area contributed by atoms with Crippen LogP contribution in [-0.4, -0.2) is 46.8 Å². The summed E-state index contributed by atoms with van der Waals surface area (Å²) in [5, 5.41) is 14.8. The number of nitrogens with one attached hydrogen (secondary N) is 2. The molecule has 0 fully saturated rings. The predicted molar refractivity (Wildman–Crippen MR) is 104 cm³/mol. The van der Waals surface area contributed by atoms with E-state index in [2.05, 4.69) is 25.6 Å². The molecule has 3 aromatic rings. The van der Waals surface area contributed by atoms with E-state index in [-0.39, 0.29) is 12.5 Å². The van der Waals surface area contributed by atoms with Crippen molar-refractivity contribution in [1.29, 1.82) is 0 Å². The van der Waals surface area contributed by atoms with Gasteiger partial charge in [0.2, 0.25) is 5.95 Å². The molecule has 28 heavy (non-hydrogen) atoms. The smallest absolute Gasteiger partial charge is 0.322 e. The molecule has 9 heteroatoms. The van der Waals surface area contributed by atoms with E-state index in [0.717, 1.165) is 11.3 Å². The number of aromatic nitrogens is 3. The van der Waals surface area contributed by atoms with Crippen molar-refractivity contribution in [3.05, 3.63) is 48.8 Å². The average Bonchev–Trinajstić information content (AvgIpc) is 2.72. The lowest BCUT2D eigenvalue weighted by atomic mass is 10.2. The highest BCUT2D eigenvalue weighted by molar-refractivity contribution is 5.73. The summed E-state index contributed by atoms with van der Waals surface area (Å²) in [5.74, 6) is 0.833. The van der Waals surface area contributed by atoms with E-state index >= 15 is 0 Å². The Balaban J connectivity index is 1.95. The lowest BCUT2D eigenvalue weighted by Crippen LogP contribution is -2.15. The Morgan fingerprint density at radius 2 is 1.93 bits per heavy atom. The summed E-state index contributed by atoms with van der Waals surface area (Å²) >= 11 is 0. The molecule has 0 unspecified atom stereocenters. The molecule has 0 radical (unpaired) electrons. The Hall–Kier alpha value is -3.88. The minimum Gasteiger partial charge on any atom is -0.493 e. The molecule has 0 bridgehead atoms. The van der Waals surface area contributed by atoms with Crippen LogP contribution >= 0.6 is 0 Å². The van der Waals surface area contributed by atoms with Crippen LogP contribution < -0.4 is 20.1 Å². The fraction of sp³-hybridized carbons (Fsp3) is 0.158. The van der Waals surface area contributed by atoms with Crippen LogP contribution in [-0.2, 0) is 4.79 Å².